The molecule has 10 heteroatoms. The lowest BCUT2D eigenvalue weighted by molar-refractivity contribution is -0.0196. The zero-order valence-corrected chi connectivity index (χ0v) is 24.7. The van der Waals surface area contributed by atoms with E-state index < -0.39 is 20.4 Å². The molecule has 8 nitrogen and oxygen atoms in total. The molecule has 1 amide bonds. The summed E-state index contributed by atoms with van der Waals surface area (Å²) in [6.45, 7) is 11.8. The minimum Gasteiger partial charge on any atom is -0.494 e. The number of halogens is 1. The molecule has 0 radical (unpaired) electrons. The molecule has 1 saturated heterocycles. The van der Waals surface area contributed by atoms with E-state index in [1.54, 1.807) is 30.3 Å². The molecule has 210 valence electrons. The number of para-hydroxylation sites is 1. The lowest BCUT2D eigenvalue weighted by Gasteiger charge is -2.42. The number of rotatable bonds is 8. The largest absolute Gasteiger partial charge is 0.494 e. The standard InChI is InChI=1S/C29H38FN3O5Si/c1-29(2,3)39(6,7)38-24-17-37-14-13-21(24)33-28(34)22-15-20(19-9-8-10-23(35-4)27(19)32-22)26(30)18-11-12-25(36-5)31-16-18/h8-12,15-16,21,24,26H,13-14,17H2,1-7H3,(H,33,34)/t21-,24-,26?/m0/s1. The highest BCUT2D eigenvalue weighted by Gasteiger charge is 2.42. The van der Waals surface area contributed by atoms with Gasteiger partial charge in [0.25, 0.3) is 5.91 Å². The van der Waals surface area contributed by atoms with Gasteiger partial charge in [0.05, 0.1) is 33.0 Å². The molecular weight excluding hydrogens is 517 g/mol. The molecule has 3 atom stereocenters. The quantitative estimate of drug-likeness (QED) is 0.361. The fourth-order valence-corrected chi connectivity index (χ4v) is 5.71. The Morgan fingerprint density at radius 3 is 2.59 bits per heavy atom. The van der Waals surface area contributed by atoms with Crippen molar-refractivity contribution < 1.29 is 27.8 Å². The van der Waals surface area contributed by atoms with Crippen molar-refractivity contribution in [2.45, 2.75) is 63.6 Å². The first-order valence-corrected chi connectivity index (χ1v) is 16.0. The van der Waals surface area contributed by atoms with Gasteiger partial charge in [0.2, 0.25) is 5.88 Å². The van der Waals surface area contributed by atoms with Crippen LogP contribution in [-0.2, 0) is 9.16 Å². The molecule has 39 heavy (non-hydrogen) atoms. The molecule has 3 heterocycles. The third-order valence-electron chi connectivity index (χ3n) is 7.69. The normalized spacial score (nSPS) is 19.0. The van der Waals surface area contributed by atoms with Crippen molar-refractivity contribution in [2.24, 2.45) is 0 Å². The van der Waals surface area contributed by atoms with Gasteiger partial charge < -0.3 is 24.0 Å². The number of aromatic nitrogens is 2. The highest BCUT2D eigenvalue weighted by Crippen LogP contribution is 2.38. The van der Waals surface area contributed by atoms with Gasteiger partial charge in [-0.25, -0.2) is 14.4 Å². The van der Waals surface area contributed by atoms with Crippen molar-refractivity contribution in [3.63, 3.8) is 0 Å². The molecule has 1 aliphatic heterocycles. The highest BCUT2D eigenvalue weighted by atomic mass is 28.4. The van der Waals surface area contributed by atoms with Gasteiger partial charge in [-0.05, 0) is 42.8 Å². The first-order chi connectivity index (χ1) is 18.4. The second kappa shape index (κ2) is 11.6. The molecule has 1 unspecified atom stereocenters. The number of carbonyl (C=O) groups is 1. The number of nitrogens with one attached hydrogen (secondary N) is 1. The van der Waals surface area contributed by atoms with Gasteiger partial charge in [-0.1, -0.05) is 32.9 Å². The molecule has 0 spiro atoms. The van der Waals surface area contributed by atoms with Crippen LogP contribution in [0.2, 0.25) is 18.1 Å². The Morgan fingerprint density at radius 2 is 1.95 bits per heavy atom. The Labute approximate surface area is 230 Å². The third-order valence-corrected chi connectivity index (χ3v) is 12.2. The number of carbonyl (C=O) groups excluding carboxylic acids is 1. The second-order valence-electron chi connectivity index (χ2n) is 11.3. The fourth-order valence-electron chi connectivity index (χ4n) is 4.37. The molecule has 4 rings (SSSR count). The van der Waals surface area contributed by atoms with E-state index >= 15 is 4.39 Å². The number of nitrogens with zero attached hydrogens (tertiary/aromatic N) is 2. The van der Waals surface area contributed by atoms with Crippen molar-refractivity contribution in [1.82, 2.24) is 15.3 Å². The van der Waals surface area contributed by atoms with Crippen LogP contribution in [0.15, 0.2) is 42.6 Å². The maximum Gasteiger partial charge on any atom is 0.270 e. The number of alkyl halides is 1. The summed E-state index contributed by atoms with van der Waals surface area (Å²) in [6.07, 6.45) is 0.209. The molecular formula is C29H38FN3O5Si. The average Bonchev–Trinajstić information content (AvgIpc) is 2.92. The van der Waals surface area contributed by atoms with E-state index in [0.29, 0.717) is 53.3 Å². The number of methoxy groups -OCH3 is 2. The topological polar surface area (TPSA) is 91.8 Å². The Morgan fingerprint density at radius 1 is 1.18 bits per heavy atom. The monoisotopic (exact) mass is 555 g/mol. The SMILES string of the molecule is COc1ccc(C(F)c2cc(C(=O)N[C@H]3CCOC[C@@H]3O[Si](C)(C)C(C)(C)C)nc3c(OC)cccc23)cn1. The first kappa shape index (κ1) is 28.9. The molecule has 1 aliphatic rings. The molecule has 1 aromatic carbocycles. The van der Waals surface area contributed by atoms with Gasteiger partial charge in [-0.15, -0.1) is 0 Å². The van der Waals surface area contributed by atoms with Gasteiger partial charge in [0, 0.05) is 35.4 Å². The van der Waals surface area contributed by atoms with E-state index in [4.69, 9.17) is 18.6 Å². The minimum absolute atomic E-state index is 0.0107. The summed E-state index contributed by atoms with van der Waals surface area (Å²) in [5.41, 5.74) is 1.15. The number of benzene rings is 1. The Balaban J connectivity index is 1.68. The molecule has 3 aromatic rings. The fraction of sp³-hybridized carbons (Fsp3) is 0.483. The van der Waals surface area contributed by atoms with Gasteiger partial charge in [-0.3, -0.25) is 4.79 Å². The summed E-state index contributed by atoms with van der Waals surface area (Å²) >= 11 is 0. The summed E-state index contributed by atoms with van der Waals surface area (Å²) in [5.74, 6) is 0.437. The number of pyridine rings is 2. The molecule has 0 aliphatic carbocycles. The summed E-state index contributed by atoms with van der Waals surface area (Å²) < 4.78 is 39.0. The zero-order chi connectivity index (χ0) is 28.4. The Bertz CT molecular complexity index is 1310. The van der Waals surface area contributed by atoms with Crippen LogP contribution in [0.5, 0.6) is 11.6 Å². The van der Waals surface area contributed by atoms with Gasteiger partial charge in [-0.2, -0.15) is 0 Å². The second-order valence-corrected chi connectivity index (χ2v) is 16.1. The summed E-state index contributed by atoms with van der Waals surface area (Å²) in [5, 5.41) is 3.67. The molecule has 1 N–H and O–H groups in total. The van der Waals surface area contributed by atoms with Crippen molar-refractivity contribution in [3.8, 4) is 11.6 Å². The molecule has 0 bridgehead atoms. The van der Waals surface area contributed by atoms with Gasteiger partial charge >= 0.3 is 0 Å². The smallest absolute Gasteiger partial charge is 0.270 e. The predicted molar refractivity (Wildman–Crippen MR) is 151 cm³/mol. The van der Waals surface area contributed by atoms with E-state index in [1.807, 2.05) is 0 Å². The van der Waals surface area contributed by atoms with E-state index in [1.165, 1.54) is 26.5 Å². The Hall–Kier alpha value is -3.08. The van der Waals surface area contributed by atoms with Crippen molar-refractivity contribution >= 4 is 25.1 Å². The zero-order valence-electron chi connectivity index (χ0n) is 23.7. The number of fused-ring (bicyclic) bond motifs is 1. The van der Waals surface area contributed by atoms with Crippen LogP contribution < -0.4 is 14.8 Å². The van der Waals surface area contributed by atoms with Crippen LogP contribution in [-0.4, -0.2) is 63.8 Å². The molecule has 2 aromatic heterocycles. The van der Waals surface area contributed by atoms with Crippen molar-refractivity contribution in [2.75, 3.05) is 27.4 Å². The number of ether oxygens (including phenoxy) is 3. The predicted octanol–water partition coefficient (Wildman–Crippen LogP) is 5.62. The maximum atomic E-state index is 16.0. The van der Waals surface area contributed by atoms with Crippen molar-refractivity contribution in [3.05, 3.63) is 59.4 Å². The Kier molecular flexibility index (Phi) is 8.58. The number of hydrogen-bond donors (Lipinski definition) is 1. The van der Waals surface area contributed by atoms with E-state index in [2.05, 4.69) is 49.1 Å². The maximum absolute atomic E-state index is 16.0. The van der Waals surface area contributed by atoms with E-state index in [0.717, 1.165) is 0 Å². The average molecular weight is 556 g/mol. The van der Waals surface area contributed by atoms with E-state index in [9.17, 15) is 4.79 Å². The first-order valence-electron chi connectivity index (χ1n) is 13.1. The van der Waals surface area contributed by atoms with Crippen molar-refractivity contribution in [1.29, 1.82) is 0 Å². The number of amides is 1. The summed E-state index contributed by atoms with van der Waals surface area (Å²) in [4.78, 5) is 22.4. The van der Waals surface area contributed by atoms with Gasteiger partial charge in [0.15, 0.2) is 14.5 Å². The molecule has 0 saturated carbocycles. The van der Waals surface area contributed by atoms with E-state index in [-0.39, 0.29) is 22.9 Å². The summed E-state index contributed by atoms with van der Waals surface area (Å²) in [6, 6.07) is 9.76. The van der Waals surface area contributed by atoms with Crippen LogP contribution in [0.3, 0.4) is 0 Å². The third kappa shape index (κ3) is 6.23. The van der Waals surface area contributed by atoms with Crippen LogP contribution in [0, 0.1) is 0 Å². The molecule has 1 fully saturated rings. The van der Waals surface area contributed by atoms with Crippen LogP contribution in [0.1, 0.15) is 55.0 Å². The minimum atomic E-state index is -2.11. The van der Waals surface area contributed by atoms with Gasteiger partial charge in [0.1, 0.15) is 17.0 Å². The van der Waals surface area contributed by atoms with Crippen LogP contribution in [0.4, 0.5) is 4.39 Å². The number of hydrogen-bond acceptors (Lipinski definition) is 7. The van der Waals surface area contributed by atoms with Crippen LogP contribution >= 0.6 is 0 Å². The summed E-state index contributed by atoms with van der Waals surface area (Å²) in [7, 11) is 0.915. The lowest BCUT2D eigenvalue weighted by atomic mass is 9.98. The highest BCUT2D eigenvalue weighted by molar-refractivity contribution is 6.74. The van der Waals surface area contributed by atoms with Crippen LogP contribution in [0.25, 0.3) is 10.9 Å². The lowest BCUT2D eigenvalue weighted by Crippen LogP contribution is -2.55.